The molecule has 2 amide bonds. The zero-order valence-electron chi connectivity index (χ0n) is 24.2. The zero-order valence-corrected chi connectivity index (χ0v) is 24.2. The molecule has 0 aliphatic carbocycles. The first kappa shape index (κ1) is 28.1. The molecule has 0 atom stereocenters. The molecule has 5 aromatic rings. The normalized spacial score (nSPS) is 13.0. The quantitative estimate of drug-likeness (QED) is 0.221. The average Bonchev–Trinajstić information content (AvgIpc) is 3.43. The topological polar surface area (TPSA) is 107 Å². The predicted molar refractivity (Wildman–Crippen MR) is 167 cm³/mol. The van der Waals surface area contributed by atoms with Crippen LogP contribution in [0.2, 0.25) is 0 Å². The van der Waals surface area contributed by atoms with Crippen molar-refractivity contribution in [2.24, 2.45) is 5.73 Å². The molecule has 0 unspecified atom stereocenters. The van der Waals surface area contributed by atoms with Crippen molar-refractivity contribution in [3.8, 4) is 22.6 Å². The summed E-state index contributed by atoms with van der Waals surface area (Å²) in [6.07, 6.45) is 1.86. The molecular weight excluding hydrogens is 542 g/mol. The summed E-state index contributed by atoms with van der Waals surface area (Å²) in [6.45, 7) is 2.78. The summed E-state index contributed by atoms with van der Waals surface area (Å²) in [5, 5.41) is 3.72. The second kappa shape index (κ2) is 12.0. The lowest BCUT2D eigenvalue weighted by Gasteiger charge is -2.29. The van der Waals surface area contributed by atoms with Crippen molar-refractivity contribution < 1.29 is 23.5 Å². The first-order valence-electron chi connectivity index (χ1n) is 14.2. The molecule has 0 spiro atoms. The third-order valence-corrected chi connectivity index (χ3v) is 7.99. The van der Waals surface area contributed by atoms with E-state index >= 15 is 0 Å². The number of hydrogen-bond acceptors (Lipinski definition) is 6. The maximum Gasteiger partial charge on any atom is 0.285 e. The summed E-state index contributed by atoms with van der Waals surface area (Å²) in [6, 6.07) is 26.5. The minimum Gasteiger partial charge on any atom is -0.493 e. The monoisotopic (exact) mass is 575 g/mol. The maximum absolute atomic E-state index is 13.5. The highest BCUT2D eigenvalue weighted by Crippen LogP contribution is 2.37. The van der Waals surface area contributed by atoms with Crippen LogP contribution in [0.3, 0.4) is 0 Å². The Labute approximate surface area is 250 Å². The maximum atomic E-state index is 13.5. The van der Waals surface area contributed by atoms with Crippen molar-refractivity contribution in [2.45, 2.75) is 19.4 Å². The molecule has 3 N–H and O–H groups in total. The van der Waals surface area contributed by atoms with Crippen molar-refractivity contribution in [1.29, 1.82) is 0 Å². The molecule has 6 rings (SSSR count). The van der Waals surface area contributed by atoms with E-state index in [0.717, 1.165) is 49.4 Å². The molecule has 0 radical (unpaired) electrons. The van der Waals surface area contributed by atoms with E-state index in [2.05, 4.69) is 22.3 Å². The number of furan rings is 1. The molecular formula is C35H33N3O5. The van der Waals surface area contributed by atoms with E-state index in [9.17, 15) is 9.59 Å². The third kappa shape index (κ3) is 5.69. The minimum absolute atomic E-state index is 0.0295. The van der Waals surface area contributed by atoms with Crippen LogP contribution >= 0.6 is 0 Å². The summed E-state index contributed by atoms with van der Waals surface area (Å²) in [5.41, 5.74) is 12.1. The van der Waals surface area contributed by atoms with Crippen molar-refractivity contribution in [1.82, 2.24) is 4.90 Å². The summed E-state index contributed by atoms with van der Waals surface area (Å²) in [5.74, 6) is 0.584. The van der Waals surface area contributed by atoms with Gasteiger partial charge in [0.25, 0.3) is 11.8 Å². The van der Waals surface area contributed by atoms with Gasteiger partial charge in [0.1, 0.15) is 5.58 Å². The van der Waals surface area contributed by atoms with Crippen LogP contribution in [0.4, 0.5) is 5.69 Å². The van der Waals surface area contributed by atoms with Crippen LogP contribution in [-0.2, 0) is 19.4 Å². The van der Waals surface area contributed by atoms with Crippen molar-refractivity contribution >= 4 is 28.5 Å². The van der Waals surface area contributed by atoms with Gasteiger partial charge in [0.05, 0.1) is 14.2 Å². The lowest BCUT2D eigenvalue weighted by molar-refractivity contribution is 0.0975. The molecule has 2 heterocycles. The van der Waals surface area contributed by atoms with E-state index in [1.54, 1.807) is 38.5 Å². The fourth-order valence-electron chi connectivity index (χ4n) is 5.76. The van der Waals surface area contributed by atoms with Gasteiger partial charge in [-0.1, -0.05) is 48.5 Å². The molecule has 1 aliphatic heterocycles. The van der Waals surface area contributed by atoms with E-state index in [4.69, 9.17) is 19.6 Å². The van der Waals surface area contributed by atoms with Gasteiger partial charge in [-0.25, -0.2) is 0 Å². The Hall–Kier alpha value is -5.08. The van der Waals surface area contributed by atoms with Gasteiger partial charge in [-0.3, -0.25) is 14.5 Å². The first-order valence-corrected chi connectivity index (χ1v) is 14.2. The number of methoxy groups -OCH3 is 2. The van der Waals surface area contributed by atoms with Crippen LogP contribution in [0.25, 0.3) is 22.1 Å². The number of benzene rings is 4. The molecule has 1 aromatic heterocycles. The standard InChI is InChI=1S/C35H33N3O5/c1-41-30-19-23-16-18-38(21-24(23)20-31(30)42-2)17-15-22-11-13-25(14-12-22)37-35(40)27-8-4-3-7-26(27)32-28-9-5-6-10-29(28)43-33(32)34(36)39/h3-14,19-20H,15-18,21H2,1-2H3,(H2,36,39)(H,37,40). The van der Waals surface area contributed by atoms with Crippen LogP contribution in [-0.4, -0.2) is 44.0 Å². The van der Waals surface area contributed by atoms with E-state index in [-0.39, 0.29) is 11.7 Å². The number of ether oxygens (including phenoxy) is 2. The Kier molecular flexibility index (Phi) is 7.85. The highest BCUT2D eigenvalue weighted by atomic mass is 16.5. The van der Waals surface area contributed by atoms with Gasteiger partial charge in [0.2, 0.25) is 0 Å². The fourth-order valence-corrected chi connectivity index (χ4v) is 5.76. The molecule has 4 aromatic carbocycles. The van der Waals surface area contributed by atoms with E-state index in [1.807, 2.05) is 48.5 Å². The molecule has 8 heteroatoms. The van der Waals surface area contributed by atoms with Gasteiger partial charge in [0.15, 0.2) is 17.3 Å². The number of carbonyl (C=O) groups is 2. The Morgan fingerprint density at radius 3 is 2.35 bits per heavy atom. The minimum atomic E-state index is -0.689. The lowest BCUT2D eigenvalue weighted by atomic mass is 9.96. The van der Waals surface area contributed by atoms with Gasteiger partial charge >= 0.3 is 0 Å². The van der Waals surface area contributed by atoms with Gasteiger partial charge in [-0.2, -0.15) is 0 Å². The first-order chi connectivity index (χ1) is 20.9. The second-order valence-corrected chi connectivity index (χ2v) is 10.6. The Bertz CT molecular complexity index is 1810. The molecule has 0 saturated carbocycles. The molecule has 1 aliphatic rings. The largest absolute Gasteiger partial charge is 0.493 e. The van der Waals surface area contributed by atoms with Crippen LogP contribution < -0.4 is 20.5 Å². The van der Waals surface area contributed by atoms with E-state index in [1.165, 1.54) is 16.7 Å². The number of carbonyl (C=O) groups excluding carboxylic acids is 2. The number of anilines is 1. The highest BCUT2D eigenvalue weighted by Gasteiger charge is 2.24. The predicted octanol–water partition coefficient (Wildman–Crippen LogP) is 6.07. The molecule has 0 bridgehead atoms. The molecule has 8 nitrogen and oxygen atoms in total. The fraction of sp³-hybridized carbons (Fsp3) is 0.200. The van der Waals surface area contributed by atoms with Crippen molar-refractivity contribution in [2.75, 3.05) is 32.6 Å². The number of amides is 2. The average molecular weight is 576 g/mol. The van der Waals surface area contributed by atoms with E-state index < -0.39 is 5.91 Å². The van der Waals surface area contributed by atoms with E-state index in [0.29, 0.717) is 28.0 Å². The van der Waals surface area contributed by atoms with Crippen LogP contribution in [0, 0.1) is 0 Å². The van der Waals surface area contributed by atoms with Gasteiger partial charge in [-0.15, -0.1) is 0 Å². The van der Waals surface area contributed by atoms with Crippen LogP contribution in [0.5, 0.6) is 11.5 Å². The second-order valence-electron chi connectivity index (χ2n) is 10.6. The number of primary amides is 1. The third-order valence-electron chi connectivity index (χ3n) is 7.99. The van der Waals surface area contributed by atoms with Crippen molar-refractivity contribution in [3.05, 3.63) is 113 Å². The zero-order chi connectivity index (χ0) is 29.9. The number of para-hydroxylation sites is 1. The number of rotatable bonds is 9. The lowest BCUT2D eigenvalue weighted by Crippen LogP contribution is -2.32. The molecule has 43 heavy (non-hydrogen) atoms. The molecule has 0 fully saturated rings. The Morgan fingerprint density at radius 2 is 1.60 bits per heavy atom. The summed E-state index contributed by atoms with van der Waals surface area (Å²) >= 11 is 0. The van der Waals surface area contributed by atoms with Gasteiger partial charge in [-0.05, 0) is 71.5 Å². The number of nitrogens with one attached hydrogen (secondary N) is 1. The van der Waals surface area contributed by atoms with Gasteiger partial charge < -0.3 is 24.9 Å². The smallest absolute Gasteiger partial charge is 0.285 e. The number of fused-ring (bicyclic) bond motifs is 2. The summed E-state index contributed by atoms with van der Waals surface area (Å²) in [7, 11) is 3.33. The molecule has 0 saturated heterocycles. The number of hydrogen-bond donors (Lipinski definition) is 2. The van der Waals surface area contributed by atoms with Crippen LogP contribution in [0.15, 0.2) is 89.3 Å². The number of nitrogens with zero attached hydrogens (tertiary/aromatic N) is 1. The van der Waals surface area contributed by atoms with Gasteiger partial charge in [0, 0.05) is 41.8 Å². The Balaban J connectivity index is 1.13. The highest BCUT2D eigenvalue weighted by molar-refractivity contribution is 6.14. The Morgan fingerprint density at radius 1 is 0.907 bits per heavy atom. The SMILES string of the molecule is COc1cc2c(cc1OC)CN(CCc1ccc(NC(=O)c3ccccc3-c3c(C(N)=O)oc4ccccc34)cc1)CC2. The number of nitrogens with two attached hydrogens (primary N) is 1. The van der Waals surface area contributed by atoms with Crippen LogP contribution in [0.1, 0.15) is 37.6 Å². The summed E-state index contributed by atoms with van der Waals surface area (Å²) < 4.78 is 16.7. The summed E-state index contributed by atoms with van der Waals surface area (Å²) in [4.78, 5) is 28.2. The van der Waals surface area contributed by atoms with Crippen molar-refractivity contribution in [3.63, 3.8) is 0 Å². The molecule has 218 valence electrons.